The summed E-state index contributed by atoms with van der Waals surface area (Å²) in [6.07, 6.45) is 1.60. The highest BCUT2D eigenvalue weighted by molar-refractivity contribution is 7.91. The van der Waals surface area contributed by atoms with Crippen LogP contribution in [0.1, 0.15) is 64.7 Å². The summed E-state index contributed by atoms with van der Waals surface area (Å²) in [5, 5.41) is -0.211. The van der Waals surface area contributed by atoms with Crippen LogP contribution < -0.4 is 4.43 Å². The molecule has 0 unspecified atom stereocenters. The van der Waals surface area contributed by atoms with Crippen molar-refractivity contribution in [1.29, 1.82) is 0 Å². The summed E-state index contributed by atoms with van der Waals surface area (Å²) in [5.74, 6) is -1.68. The summed E-state index contributed by atoms with van der Waals surface area (Å²) >= 11 is 0. The molecule has 0 aromatic heterocycles. The molecule has 1 aromatic carbocycles. The first kappa shape index (κ1) is 29.9. The summed E-state index contributed by atoms with van der Waals surface area (Å²) in [7, 11) is -6.63. The van der Waals surface area contributed by atoms with E-state index in [2.05, 4.69) is 0 Å². The third-order valence-electron chi connectivity index (χ3n) is 7.60. The van der Waals surface area contributed by atoms with Crippen LogP contribution in [-0.2, 0) is 24.2 Å². The SMILES string of the molecule is CCN(CC)C(=O)c1cccc(O[Si](C)(C)C(C)(C)C)c1S(=O)(=O)C[C@@H](C)OC(=O)C1=CC[C@H]2CC(=O)N12. The van der Waals surface area contributed by atoms with Crippen LogP contribution >= 0.6 is 0 Å². The number of rotatable bonds is 10. The zero-order valence-corrected chi connectivity index (χ0v) is 25.5. The number of esters is 1. The Bertz CT molecular complexity index is 1250. The molecule has 2 heterocycles. The van der Waals surface area contributed by atoms with Crippen molar-refractivity contribution >= 4 is 35.9 Å². The topological polar surface area (TPSA) is 110 Å². The van der Waals surface area contributed by atoms with Crippen molar-refractivity contribution in [2.24, 2.45) is 0 Å². The standard InChI is InChI=1S/C27H40N2O7SSi/c1-9-28(10-2)25(31)20-12-11-13-22(36-38(7,8)27(4,5)6)24(20)37(33,34)17-18(3)35-26(32)21-15-14-19-16-23(30)29(19)21/h11-13,15,18-19H,9-10,14,16-17H2,1-8H3/t18-,19+/m1/s1. The fourth-order valence-corrected chi connectivity index (χ4v) is 7.25. The lowest BCUT2D eigenvalue weighted by molar-refractivity contribution is -0.152. The number of hydrogen-bond donors (Lipinski definition) is 0. The fourth-order valence-electron chi connectivity index (χ4n) is 4.39. The minimum Gasteiger partial charge on any atom is -0.543 e. The normalized spacial score (nSPS) is 18.3. The fraction of sp³-hybridized carbons (Fsp3) is 0.593. The Morgan fingerprint density at radius 1 is 1.18 bits per heavy atom. The molecule has 9 nitrogen and oxygen atoms in total. The van der Waals surface area contributed by atoms with Crippen LogP contribution in [0.4, 0.5) is 0 Å². The minimum absolute atomic E-state index is 0.0166. The Morgan fingerprint density at radius 2 is 1.82 bits per heavy atom. The Labute approximate surface area is 227 Å². The van der Waals surface area contributed by atoms with E-state index in [4.69, 9.17) is 9.16 Å². The molecule has 1 saturated heterocycles. The predicted octanol–water partition coefficient (Wildman–Crippen LogP) is 4.15. The minimum atomic E-state index is -4.15. The molecule has 1 aromatic rings. The van der Waals surface area contributed by atoms with Gasteiger partial charge in [0.25, 0.3) is 14.2 Å². The third-order valence-corrected chi connectivity index (χ3v) is 13.9. The summed E-state index contributed by atoms with van der Waals surface area (Å²) in [4.78, 5) is 40.9. The van der Waals surface area contributed by atoms with Gasteiger partial charge in [-0.05, 0) is 57.5 Å². The van der Waals surface area contributed by atoms with Gasteiger partial charge in [0, 0.05) is 25.6 Å². The Morgan fingerprint density at radius 3 is 2.37 bits per heavy atom. The lowest BCUT2D eigenvalue weighted by Crippen LogP contribution is -2.50. The summed E-state index contributed by atoms with van der Waals surface area (Å²) < 4.78 is 39.7. The van der Waals surface area contributed by atoms with Gasteiger partial charge in [-0.3, -0.25) is 9.59 Å². The van der Waals surface area contributed by atoms with E-state index < -0.39 is 41.9 Å². The maximum Gasteiger partial charge on any atom is 0.355 e. The van der Waals surface area contributed by atoms with Gasteiger partial charge < -0.3 is 19.0 Å². The van der Waals surface area contributed by atoms with Crippen LogP contribution in [0.5, 0.6) is 5.75 Å². The maximum absolute atomic E-state index is 13.9. The lowest BCUT2D eigenvalue weighted by atomic mass is 10.0. The second kappa shape index (κ2) is 10.8. The highest BCUT2D eigenvalue weighted by atomic mass is 32.2. The van der Waals surface area contributed by atoms with Crippen LogP contribution in [0, 0.1) is 0 Å². The number of ether oxygens (including phenoxy) is 1. The Hall–Kier alpha value is -2.66. The molecular formula is C27H40N2O7SSi. The van der Waals surface area contributed by atoms with Crippen LogP contribution in [0.15, 0.2) is 34.9 Å². The third kappa shape index (κ3) is 5.83. The van der Waals surface area contributed by atoms with E-state index in [0.717, 1.165) is 0 Å². The zero-order chi connectivity index (χ0) is 28.6. The van der Waals surface area contributed by atoms with Gasteiger partial charge in [-0.1, -0.05) is 32.9 Å². The molecule has 2 amide bonds. The quantitative estimate of drug-likeness (QED) is 0.239. The van der Waals surface area contributed by atoms with Gasteiger partial charge in [-0.15, -0.1) is 0 Å². The number of nitrogens with zero attached hydrogens (tertiary/aromatic N) is 2. The Kier molecular flexibility index (Phi) is 8.52. The van der Waals surface area contributed by atoms with Gasteiger partial charge >= 0.3 is 5.97 Å². The van der Waals surface area contributed by atoms with Crippen molar-refractivity contribution in [3.63, 3.8) is 0 Å². The van der Waals surface area contributed by atoms with E-state index in [-0.39, 0.29) is 38.9 Å². The van der Waals surface area contributed by atoms with E-state index in [1.807, 2.05) is 47.7 Å². The zero-order valence-electron chi connectivity index (χ0n) is 23.7. The molecule has 0 aliphatic carbocycles. The molecule has 2 atom stereocenters. The average Bonchev–Trinajstić information content (AvgIpc) is 3.15. The Balaban J connectivity index is 1.95. The van der Waals surface area contributed by atoms with Crippen LogP contribution in [0.2, 0.25) is 18.1 Å². The maximum atomic E-state index is 13.9. The summed E-state index contributed by atoms with van der Waals surface area (Å²) in [6, 6.07) is 4.70. The molecular weight excluding hydrogens is 524 g/mol. The smallest absolute Gasteiger partial charge is 0.355 e. The number of benzene rings is 1. The van der Waals surface area contributed by atoms with Crippen molar-refractivity contribution in [2.75, 3.05) is 18.8 Å². The van der Waals surface area contributed by atoms with Crippen molar-refractivity contribution in [3.05, 3.63) is 35.5 Å². The van der Waals surface area contributed by atoms with Crippen molar-refractivity contribution in [2.45, 2.75) is 89.6 Å². The number of fused-ring (bicyclic) bond motifs is 1. The van der Waals surface area contributed by atoms with Crippen molar-refractivity contribution in [1.82, 2.24) is 9.80 Å². The summed E-state index contributed by atoms with van der Waals surface area (Å²) in [5.41, 5.74) is 0.200. The van der Waals surface area contributed by atoms with E-state index in [1.165, 1.54) is 17.9 Å². The van der Waals surface area contributed by atoms with Gasteiger partial charge in [-0.2, -0.15) is 0 Å². The average molecular weight is 565 g/mol. The van der Waals surface area contributed by atoms with E-state index in [9.17, 15) is 22.8 Å². The second-order valence-electron chi connectivity index (χ2n) is 11.4. The molecule has 11 heteroatoms. The largest absolute Gasteiger partial charge is 0.543 e. The van der Waals surface area contributed by atoms with Gasteiger partial charge in [0.15, 0.2) is 9.84 Å². The van der Waals surface area contributed by atoms with Gasteiger partial charge in [0.1, 0.15) is 22.4 Å². The lowest BCUT2D eigenvalue weighted by Gasteiger charge is -2.37. The van der Waals surface area contributed by atoms with Crippen LogP contribution in [0.3, 0.4) is 0 Å². The van der Waals surface area contributed by atoms with E-state index >= 15 is 0 Å². The molecule has 0 saturated carbocycles. The molecule has 0 bridgehead atoms. The van der Waals surface area contributed by atoms with Crippen LogP contribution in [-0.4, -0.2) is 75.3 Å². The van der Waals surface area contributed by atoms with Crippen molar-refractivity contribution in [3.8, 4) is 5.75 Å². The molecule has 38 heavy (non-hydrogen) atoms. The van der Waals surface area contributed by atoms with Gasteiger partial charge in [0.05, 0.1) is 11.3 Å². The number of amides is 2. The van der Waals surface area contributed by atoms with E-state index in [1.54, 1.807) is 23.1 Å². The van der Waals surface area contributed by atoms with E-state index in [0.29, 0.717) is 25.9 Å². The first-order valence-electron chi connectivity index (χ1n) is 13.1. The molecule has 2 aliphatic heterocycles. The molecule has 0 radical (unpaired) electrons. The summed E-state index contributed by atoms with van der Waals surface area (Å²) in [6.45, 7) is 16.1. The number of β-lactam (4-membered cyclic amide) rings is 1. The molecule has 3 rings (SSSR count). The second-order valence-corrected chi connectivity index (χ2v) is 18.1. The van der Waals surface area contributed by atoms with Crippen LogP contribution in [0.25, 0.3) is 0 Å². The number of hydrogen-bond acceptors (Lipinski definition) is 7. The van der Waals surface area contributed by atoms with Gasteiger partial charge in [0.2, 0.25) is 5.91 Å². The first-order valence-corrected chi connectivity index (χ1v) is 17.7. The molecule has 0 N–H and O–H groups in total. The predicted molar refractivity (Wildman–Crippen MR) is 147 cm³/mol. The highest BCUT2D eigenvalue weighted by Crippen LogP contribution is 2.40. The van der Waals surface area contributed by atoms with Crippen molar-refractivity contribution < 1.29 is 32.0 Å². The molecule has 2 aliphatic rings. The number of sulfone groups is 1. The number of carbonyl (C=O) groups is 3. The molecule has 0 spiro atoms. The number of carbonyl (C=O) groups excluding carboxylic acids is 3. The van der Waals surface area contributed by atoms with Gasteiger partial charge in [-0.25, -0.2) is 13.2 Å². The monoisotopic (exact) mass is 564 g/mol. The highest BCUT2D eigenvalue weighted by Gasteiger charge is 2.45. The first-order chi connectivity index (χ1) is 17.5. The molecule has 210 valence electrons. The molecule has 1 fully saturated rings.